The maximum atomic E-state index is 13.9. The van der Waals surface area contributed by atoms with Crippen LogP contribution in [0.15, 0.2) is 48.7 Å². The Morgan fingerprint density at radius 2 is 1.46 bits per heavy atom. The maximum absolute atomic E-state index is 13.9. The van der Waals surface area contributed by atoms with Crippen LogP contribution in [0, 0.1) is 6.92 Å². The van der Waals surface area contributed by atoms with Crippen LogP contribution in [0.2, 0.25) is 0 Å². The number of nitrogens with one attached hydrogen (secondary N) is 1. The van der Waals surface area contributed by atoms with E-state index in [0.717, 1.165) is 31.2 Å². The van der Waals surface area contributed by atoms with E-state index in [9.17, 15) is 31.1 Å². The van der Waals surface area contributed by atoms with Gasteiger partial charge in [0.25, 0.3) is 0 Å². The quantitative estimate of drug-likeness (QED) is 0.300. The number of benzene rings is 2. The summed E-state index contributed by atoms with van der Waals surface area (Å²) < 4.78 is 81.3. The van der Waals surface area contributed by atoms with Crippen LogP contribution in [0.5, 0.6) is 0 Å². The van der Waals surface area contributed by atoms with Gasteiger partial charge in [-0.3, -0.25) is 4.79 Å². The minimum absolute atomic E-state index is 0.0515. The topological polar surface area (TPSA) is 58.1 Å². The Hall–Kier alpha value is -3.63. The summed E-state index contributed by atoms with van der Waals surface area (Å²) in [5.74, 6) is -0.344. The van der Waals surface area contributed by atoms with Crippen molar-refractivity contribution in [1.29, 1.82) is 0 Å². The molecule has 0 atom stereocenters. The van der Waals surface area contributed by atoms with Crippen LogP contribution in [-0.4, -0.2) is 29.0 Å². The van der Waals surface area contributed by atoms with Crippen LogP contribution in [0.1, 0.15) is 68.2 Å². The standard InChI is InChI=1S/C30H32F6N4O/c1-18-10-8-9-13-23(18)25-24(17-37-27(39-25)38-22-11-6-5-7-12-22)40(4)26(41)28(2,3)19-14-20(29(31,32)33)16-21(15-19)30(34,35)36/h8-10,13-17,22H,5-7,11-12H2,1-4H3,(H,37,38,39). The van der Waals surface area contributed by atoms with Crippen LogP contribution in [0.4, 0.5) is 38.0 Å². The highest BCUT2D eigenvalue weighted by Gasteiger charge is 2.41. The lowest BCUT2D eigenvalue weighted by Gasteiger charge is -2.32. The first-order valence-corrected chi connectivity index (χ1v) is 13.4. The van der Waals surface area contributed by atoms with Crippen molar-refractivity contribution in [3.8, 4) is 11.3 Å². The van der Waals surface area contributed by atoms with Gasteiger partial charge in [0.2, 0.25) is 11.9 Å². The molecule has 1 fully saturated rings. The van der Waals surface area contributed by atoms with Gasteiger partial charge in [-0.15, -0.1) is 0 Å². The van der Waals surface area contributed by atoms with Crippen molar-refractivity contribution in [2.45, 2.75) is 76.7 Å². The number of halogens is 6. The van der Waals surface area contributed by atoms with E-state index in [1.165, 1.54) is 38.4 Å². The molecule has 41 heavy (non-hydrogen) atoms. The molecule has 11 heteroatoms. The number of nitrogens with zero attached hydrogens (tertiary/aromatic N) is 3. The second-order valence-corrected chi connectivity index (χ2v) is 11.0. The van der Waals surface area contributed by atoms with E-state index in [-0.39, 0.29) is 17.8 Å². The van der Waals surface area contributed by atoms with E-state index in [1.807, 2.05) is 31.2 Å². The van der Waals surface area contributed by atoms with Gasteiger partial charge in [-0.1, -0.05) is 43.5 Å². The molecule has 0 saturated heterocycles. The molecule has 4 rings (SSSR count). The fourth-order valence-corrected chi connectivity index (χ4v) is 5.12. The fourth-order valence-electron chi connectivity index (χ4n) is 5.12. The highest BCUT2D eigenvalue weighted by atomic mass is 19.4. The summed E-state index contributed by atoms with van der Waals surface area (Å²) in [5.41, 5.74) is -2.86. The highest BCUT2D eigenvalue weighted by molar-refractivity contribution is 6.02. The largest absolute Gasteiger partial charge is 0.416 e. The lowest BCUT2D eigenvalue weighted by Crippen LogP contribution is -2.42. The van der Waals surface area contributed by atoms with Crippen LogP contribution in [0.3, 0.4) is 0 Å². The number of alkyl halides is 6. The number of aryl methyl sites for hydroxylation is 1. The van der Waals surface area contributed by atoms with E-state index < -0.39 is 40.4 Å². The van der Waals surface area contributed by atoms with Gasteiger partial charge in [0.15, 0.2) is 0 Å². The van der Waals surface area contributed by atoms with E-state index in [0.29, 0.717) is 29.3 Å². The molecule has 2 aromatic carbocycles. The zero-order chi connectivity index (χ0) is 30.2. The van der Waals surface area contributed by atoms with Crippen molar-refractivity contribution in [3.63, 3.8) is 0 Å². The van der Waals surface area contributed by atoms with E-state index in [2.05, 4.69) is 10.3 Å². The minimum atomic E-state index is -5.03. The summed E-state index contributed by atoms with van der Waals surface area (Å²) >= 11 is 0. The maximum Gasteiger partial charge on any atom is 0.416 e. The number of carbonyl (C=O) groups is 1. The smallest absolute Gasteiger partial charge is 0.351 e. The third-order valence-corrected chi connectivity index (χ3v) is 7.62. The fraction of sp³-hybridized carbons (Fsp3) is 0.433. The monoisotopic (exact) mass is 578 g/mol. The van der Waals surface area contributed by atoms with E-state index >= 15 is 0 Å². The van der Waals surface area contributed by atoms with Crippen LogP contribution >= 0.6 is 0 Å². The summed E-state index contributed by atoms with van der Waals surface area (Å²) in [6, 6.07) is 8.82. The van der Waals surface area contributed by atoms with Crippen molar-refractivity contribution in [2.75, 3.05) is 17.3 Å². The molecule has 1 amide bonds. The molecule has 0 radical (unpaired) electrons. The molecule has 220 valence electrons. The molecular formula is C30H32F6N4O. The predicted octanol–water partition coefficient (Wildman–Crippen LogP) is 8.17. The summed E-state index contributed by atoms with van der Waals surface area (Å²) in [6.07, 6.45) is -3.28. The van der Waals surface area contributed by atoms with Gasteiger partial charge in [0, 0.05) is 18.7 Å². The summed E-state index contributed by atoms with van der Waals surface area (Å²) in [4.78, 5) is 24.2. The summed E-state index contributed by atoms with van der Waals surface area (Å²) in [6.45, 7) is 4.48. The van der Waals surface area contributed by atoms with Gasteiger partial charge in [-0.25, -0.2) is 9.97 Å². The lowest BCUT2D eigenvalue weighted by atomic mass is 9.81. The van der Waals surface area contributed by atoms with E-state index in [4.69, 9.17) is 4.98 Å². The van der Waals surface area contributed by atoms with Gasteiger partial charge in [0.05, 0.1) is 34.1 Å². The molecule has 1 aromatic heterocycles. The van der Waals surface area contributed by atoms with Gasteiger partial charge < -0.3 is 10.2 Å². The Morgan fingerprint density at radius 3 is 2.02 bits per heavy atom. The van der Waals surface area contributed by atoms with Gasteiger partial charge >= 0.3 is 12.4 Å². The zero-order valence-corrected chi connectivity index (χ0v) is 23.2. The molecule has 5 nitrogen and oxygen atoms in total. The molecule has 1 saturated carbocycles. The number of anilines is 2. The SMILES string of the molecule is Cc1ccccc1-c1nc(NC2CCCCC2)ncc1N(C)C(=O)C(C)(C)c1cc(C(F)(F)F)cc(C(F)(F)F)c1. The van der Waals surface area contributed by atoms with Crippen LogP contribution in [-0.2, 0) is 22.6 Å². The summed E-state index contributed by atoms with van der Waals surface area (Å²) in [7, 11) is 1.41. The highest BCUT2D eigenvalue weighted by Crippen LogP contribution is 2.40. The first-order valence-electron chi connectivity index (χ1n) is 13.4. The number of carbonyl (C=O) groups excluding carboxylic acids is 1. The molecule has 0 unspecified atom stereocenters. The average Bonchev–Trinajstić information content (AvgIpc) is 2.92. The molecule has 0 aliphatic heterocycles. The molecule has 0 bridgehead atoms. The molecule has 3 aromatic rings. The average molecular weight is 579 g/mol. The molecule has 1 heterocycles. The van der Waals surface area contributed by atoms with Crippen molar-refractivity contribution < 1.29 is 31.1 Å². The molecule has 1 aliphatic rings. The first kappa shape index (κ1) is 30.3. The van der Waals surface area contributed by atoms with Crippen molar-refractivity contribution in [2.24, 2.45) is 0 Å². The Labute approximate surface area is 235 Å². The van der Waals surface area contributed by atoms with Crippen LogP contribution in [0.25, 0.3) is 11.3 Å². The number of amides is 1. The Kier molecular flexibility index (Phi) is 8.38. The Balaban J connectivity index is 1.77. The number of aromatic nitrogens is 2. The Morgan fingerprint density at radius 1 is 0.902 bits per heavy atom. The van der Waals surface area contributed by atoms with Crippen molar-refractivity contribution >= 4 is 17.5 Å². The normalized spacial score (nSPS) is 15.1. The molecule has 0 spiro atoms. The van der Waals surface area contributed by atoms with Crippen LogP contribution < -0.4 is 10.2 Å². The number of rotatable bonds is 6. The minimum Gasteiger partial charge on any atom is -0.351 e. The van der Waals surface area contributed by atoms with Crippen molar-refractivity contribution in [3.05, 3.63) is 70.9 Å². The number of hydrogen-bond acceptors (Lipinski definition) is 4. The van der Waals surface area contributed by atoms with E-state index in [1.54, 1.807) is 0 Å². The molecule has 1 aliphatic carbocycles. The first-order chi connectivity index (χ1) is 19.1. The van der Waals surface area contributed by atoms with Gasteiger partial charge in [-0.2, -0.15) is 26.3 Å². The third kappa shape index (κ3) is 6.65. The van der Waals surface area contributed by atoms with Gasteiger partial charge in [-0.05, 0) is 62.9 Å². The molecular weight excluding hydrogens is 546 g/mol. The Bertz CT molecular complexity index is 1380. The lowest BCUT2D eigenvalue weighted by molar-refractivity contribution is -0.143. The molecule has 1 N–H and O–H groups in total. The third-order valence-electron chi connectivity index (χ3n) is 7.62. The second kappa shape index (κ2) is 11.3. The second-order valence-electron chi connectivity index (χ2n) is 11.0. The van der Waals surface area contributed by atoms with Gasteiger partial charge in [0.1, 0.15) is 0 Å². The predicted molar refractivity (Wildman–Crippen MR) is 146 cm³/mol. The number of likely N-dealkylation sites (N-methyl/N-ethyl adjacent to an activating group) is 1. The number of hydrogen-bond donors (Lipinski definition) is 1. The summed E-state index contributed by atoms with van der Waals surface area (Å²) in [5, 5.41) is 3.36. The van der Waals surface area contributed by atoms with Crippen molar-refractivity contribution in [1.82, 2.24) is 9.97 Å². The zero-order valence-electron chi connectivity index (χ0n) is 23.2.